The average Bonchev–Trinajstić information content (AvgIpc) is 3.38. The van der Waals surface area contributed by atoms with Gasteiger partial charge in [0.25, 0.3) is 0 Å². The standard InChI is InChI=1S/C58H47NO9S/c1-36-28-45(64-2)23-26-47(36)53-48-25-20-42(60)31-51(48)67-52-32-46(24-27-49(52)53)65-33-38-18-21-44(22-19-38)66-34-41-35-69-57-50(30-43(61)29-37-12-6-3-7-13-37)56(62)59(57)54(41)58(63)68-55(39-14-8-4-9-15-39)40-16-10-5-11-17-40/h3-28,31-32,50,55,57H,29-30,33-35H2,1-2H3/t50-,57-/m1/s1. The number of fused-ring (bicyclic) bond motifs is 3. The van der Waals surface area contributed by atoms with E-state index in [4.69, 9.17) is 23.4 Å². The van der Waals surface area contributed by atoms with Gasteiger partial charge in [0.2, 0.25) is 5.91 Å². The normalized spacial score (nSPS) is 15.5. The smallest absolute Gasteiger partial charge is 0.356 e. The number of aryl methyl sites for hydroxylation is 1. The Morgan fingerprint density at radius 2 is 1.35 bits per heavy atom. The molecule has 11 heteroatoms. The van der Waals surface area contributed by atoms with Gasteiger partial charge in [-0.05, 0) is 88.8 Å². The van der Waals surface area contributed by atoms with Crippen molar-refractivity contribution in [2.75, 3.05) is 19.5 Å². The van der Waals surface area contributed by atoms with E-state index in [1.165, 1.54) is 22.7 Å². The maximum absolute atomic E-state index is 14.5. The van der Waals surface area contributed by atoms with Crippen molar-refractivity contribution in [3.05, 3.63) is 219 Å². The van der Waals surface area contributed by atoms with Gasteiger partial charge in [-0.1, -0.05) is 109 Å². The maximum Gasteiger partial charge on any atom is 0.356 e. The number of benzene rings is 7. The van der Waals surface area contributed by atoms with Crippen molar-refractivity contribution in [2.45, 2.75) is 37.9 Å². The first-order chi connectivity index (χ1) is 33.7. The molecule has 6 aromatic carbocycles. The van der Waals surface area contributed by atoms with Crippen LogP contribution in [0.4, 0.5) is 0 Å². The van der Waals surface area contributed by atoms with Crippen molar-refractivity contribution in [1.82, 2.24) is 4.90 Å². The number of amides is 1. The molecule has 69 heavy (non-hydrogen) atoms. The lowest BCUT2D eigenvalue weighted by Gasteiger charge is -2.49. The third-order valence-electron chi connectivity index (χ3n) is 12.6. The van der Waals surface area contributed by atoms with Gasteiger partial charge in [-0.15, -0.1) is 11.8 Å². The summed E-state index contributed by atoms with van der Waals surface area (Å²) >= 11 is 1.52. The molecule has 1 aliphatic carbocycles. The molecular weight excluding hydrogens is 887 g/mol. The number of esters is 1. The van der Waals surface area contributed by atoms with Crippen molar-refractivity contribution in [3.8, 4) is 39.7 Å². The minimum atomic E-state index is -0.728. The van der Waals surface area contributed by atoms with Gasteiger partial charge in [0, 0.05) is 52.8 Å². The minimum absolute atomic E-state index is 0.0279. The van der Waals surface area contributed by atoms with Crippen LogP contribution in [0, 0.1) is 12.8 Å². The Morgan fingerprint density at radius 1 is 0.696 bits per heavy atom. The second-order valence-corrected chi connectivity index (χ2v) is 18.3. The average molecular weight is 934 g/mol. The lowest BCUT2D eigenvalue weighted by Crippen LogP contribution is -2.62. The van der Waals surface area contributed by atoms with Crippen molar-refractivity contribution >= 4 is 40.4 Å². The second-order valence-electron chi connectivity index (χ2n) is 17.2. The molecule has 6 aromatic rings. The fourth-order valence-corrected chi connectivity index (χ4v) is 10.5. The third-order valence-corrected chi connectivity index (χ3v) is 14.0. The first-order valence-electron chi connectivity index (χ1n) is 22.7. The molecule has 344 valence electrons. The molecule has 0 spiro atoms. The molecule has 0 bridgehead atoms. The molecule has 4 aliphatic rings. The predicted octanol–water partition coefficient (Wildman–Crippen LogP) is 11.2. The number of thioether (sulfide) groups is 1. The van der Waals surface area contributed by atoms with E-state index in [0.717, 1.165) is 55.6 Å². The van der Waals surface area contributed by atoms with Crippen LogP contribution < -0.4 is 19.6 Å². The quantitative estimate of drug-likeness (QED) is 0.0526. The van der Waals surface area contributed by atoms with Crippen LogP contribution in [0.2, 0.25) is 0 Å². The zero-order valence-electron chi connectivity index (χ0n) is 38.0. The summed E-state index contributed by atoms with van der Waals surface area (Å²) in [6.07, 6.45) is -0.402. The maximum atomic E-state index is 14.5. The van der Waals surface area contributed by atoms with Crippen molar-refractivity contribution in [2.24, 2.45) is 5.92 Å². The van der Waals surface area contributed by atoms with E-state index in [9.17, 15) is 19.2 Å². The predicted molar refractivity (Wildman–Crippen MR) is 266 cm³/mol. The van der Waals surface area contributed by atoms with Crippen molar-refractivity contribution in [1.29, 1.82) is 0 Å². The fourth-order valence-electron chi connectivity index (χ4n) is 9.10. The van der Waals surface area contributed by atoms with Gasteiger partial charge in [-0.2, -0.15) is 0 Å². The molecule has 3 aliphatic heterocycles. The first kappa shape index (κ1) is 44.9. The Labute approximate surface area is 403 Å². The molecule has 0 N–H and O–H groups in total. The topological polar surface area (TPSA) is 122 Å². The van der Waals surface area contributed by atoms with Crippen LogP contribution in [0.5, 0.6) is 17.2 Å². The number of β-lactam (4-membered cyclic amide) rings is 1. The van der Waals surface area contributed by atoms with Crippen molar-refractivity contribution < 1.29 is 37.7 Å². The van der Waals surface area contributed by atoms with Gasteiger partial charge >= 0.3 is 5.97 Å². The Balaban J connectivity index is 0.864. The zero-order valence-corrected chi connectivity index (χ0v) is 38.8. The summed E-state index contributed by atoms with van der Waals surface area (Å²) in [5.41, 5.74) is 8.37. The van der Waals surface area contributed by atoms with E-state index in [0.29, 0.717) is 34.2 Å². The van der Waals surface area contributed by atoms with E-state index >= 15 is 0 Å². The first-order valence-corrected chi connectivity index (χ1v) is 23.8. The van der Waals surface area contributed by atoms with Crippen LogP contribution >= 0.6 is 11.8 Å². The van der Waals surface area contributed by atoms with Crippen LogP contribution in [0.25, 0.3) is 33.4 Å². The Hall–Kier alpha value is -7.89. The number of carbonyl (C=O) groups is 3. The van der Waals surface area contributed by atoms with Gasteiger partial charge in [-0.3, -0.25) is 19.3 Å². The Kier molecular flexibility index (Phi) is 12.9. The molecule has 0 saturated carbocycles. The highest BCUT2D eigenvalue weighted by Crippen LogP contribution is 2.47. The summed E-state index contributed by atoms with van der Waals surface area (Å²) < 4.78 is 30.7. The van der Waals surface area contributed by atoms with E-state index in [1.54, 1.807) is 19.2 Å². The fraction of sp³-hybridized carbons (Fsp3) is 0.172. The second kappa shape index (κ2) is 19.8. The molecule has 1 fully saturated rings. The van der Waals surface area contributed by atoms with Gasteiger partial charge in [-0.25, -0.2) is 4.79 Å². The molecule has 0 radical (unpaired) electrons. The highest BCUT2D eigenvalue weighted by molar-refractivity contribution is 8.00. The summed E-state index contributed by atoms with van der Waals surface area (Å²) in [5.74, 6) is 1.30. The molecule has 1 amide bonds. The van der Waals surface area contributed by atoms with Crippen LogP contribution in [-0.2, 0) is 32.1 Å². The third kappa shape index (κ3) is 9.51. The summed E-state index contributed by atoms with van der Waals surface area (Å²) in [5, 5.41) is 0.483. The Morgan fingerprint density at radius 3 is 2.04 bits per heavy atom. The molecule has 10 rings (SSSR count). The number of rotatable bonds is 16. The molecule has 1 saturated heterocycles. The van der Waals surface area contributed by atoms with Crippen LogP contribution in [0.15, 0.2) is 190 Å². The van der Waals surface area contributed by atoms with Crippen LogP contribution in [-0.4, -0.2) is 47.4 Å². The lowest BCUT2D eigenvalue weighted by molar-refractivity contribution is -0.157. The monoisotopic (exact) mass is 933 g/mol. The van der Waals surface area contributed by atoms with Crippen molar-refractivity contribution in [3.63, 3.8) is 0 Å². The van der Waals surface area contributed by atoms with E-state index in [2.05, 4.69) is 0 Å². The van der Waals surface area contributed by atoms with E-state index in [1.807, 2.05) is 159 Å². The molecule has 0 unspecified atom stereocenters. The molecule has 2 atom stereocenters. The minimum Gasteiger partial charge on any atom is -0.497 e. The number of hydrogen-bond donors (Lipinski definition) is 0. The largest absolute Gasteiger partial charge is 0.497 e. The van der Waals surface area contributed by atoms with E-state index < -0.39 is 23.4 Å². The summed E-state index contributed by atoms with van der Waals surface area (Å²) in [6.45, 7) is 2.32. The molecule has 10 nitrogen and oxygen atoms in total. The van der Waals surface area contributed by atoms with Gasteiger partial charge < -0.3 is 23.4 Å². The molecular formula is C58H47NO9S. The number of ether oxygens (including phenoxy) is 4. The molecule has 0 aromatic heterocycles. The number of methoxy groups -OCH3 is 1. The summed E-state index contributed by atoms with van der Waals surface area (Å²) in [4.78, 5) is 55.7. The number of nitrogens with zero attached hydrogens (tertiary/aromatic N) is 1. The number of ketones is 1. The zero-order chi connectivity index (χ0) is 47.4. The highest BCUT2D eigenvalue weighted by atomic mass is 32.2. The highest BCUT2D eigenvalue weighted by Gasteiger charge is 2.54. The number of hydrogen-bond acceptors (Lipinski definition) is 10. The SMILES string of the molecule is COc1ccc(-c2c3ccc(=O)cc-3oc3cc(OCc4ccc(OCC5=C(C(=O)OC(c6ccccc6)c6ccccc6)N6C(=O)[C@@H](CC(=O)Cc7ccccc7)[C@H]6SC5)cc4)ccc23)c(C)c1. The van der Waals surface area contributed by atoms with Gasteiger partial charge in [0.15, 0.2) is 11.5 Å². The van der Waals surface area contributed by atoms with Crippen LogP contribution in [0.3, 0.4) is 0 Å². The van der Waals surface area contributed by atoms with Gasteiger partial charge in [0.05, 0.1) is 18.4 Å². The summed E-state index contributed by atoms with van der Waals surface area (Å²) in [6, 6.07) is 52.5. The lowest BCUT2D eigenvalue weighted by atomic mass is 9.89. The number of carbonyl (C=O) groups excluding carboxylic acids is 3. The van der Waals surface area contributed by atoms with Gasteiger partial charge in [0.1, 0.15) is 53.3 Å². The summed E-state index contributed by atoms with van der Waals surface area (Å²) in [7, 11) is 1.64. The van der Waals surface area contributed by atoms with E-state index in [-0.39, 0.29) is 48.9 Å². The Bertz CT molecular complexity index is 3200. The number of Topliss-reactive ketones (excluding diaryl/α,β-unsaturated/α-hetero) is 1. The molecule has 3 heterocycles. The van der Waals surface area contributed by atoms with Crippen LogP contribution in [0.1, 0.15) is 40.3 Å².